The number of hydrogen-bond acceptors (Lipinski definition) is 2. The number of likely N-dealkylation sites (N-methyl/N-ethyl adjacent to an activating group) is 1. The maximum absolute atomic E-state index is 6.11. The Morgan fingerprint density at radius 3 is 2.95 bits per heavy atom. The highest BCUT2D eigenvalue weighted by atomic mass is 16.5. The highest BCUT2D eigenvalue weighted by Gasteiger charge is 2.35. The van der Waals surface area contributed by atoms with Crippen molar-refractivity contribution < 1.29 is 4.74 Å². The summed E-state index contributed by atoms with van der Waals surface area (Å²) in [5.74, 6) is 0. The third-order valence-electron chi connectivity index (χ3n) is 5.20. The fourth-order valence-electron chi connectivity index (χ4n) is 4.26. The van der Waals surface area contributed by atoms with E-state index in [1.165, 1.54) is 36.0 Å². The molecule has 3 heterocycles. The van der Waals surface area contributed by atoms with Gasteiger partial charge in [-0.05, 0) is 51.3 Å². The van der Waals surface area contributed by atoms with E-state index in [2.05, 4.69) is 47.7 Å². The minimum atomic E-state index is 0.208. The lowest BCUT2D eigenvalue weighted by Crippen LogP contribution is -2.33. The second-order valence-corrected chi connectivity index (χ2v) is 6.34. The van der Waals surface area contributed by atoms with Crippen molar-refractivity contribution in [3.8, 4) is 0 Å². The number of benzene rings is 1. The summed E-state index contributed by atoms with van der Waals surface area (Å²) in [5.41, 5.74) is 4.46. The van der Waals surface area contributed by atoms with E-state index < -0.39 is 0 Å². The smallest absolute Gasteiger partial charge is 0.134 e. The maximum atomic E-state index is 6.11. The SMILES string of the molecule is CCO[C@H]1CCC[C@H]2c3c(c4ccccc4n31)CCN2C. The molecule has 2 aromatic rings. The molecule has 0 saturated heterocycles. The van der Waals surface area contributed by atoms with Gasteiger partial charge in [0.2, 0.25) is 0 Å². The molecule has 0 bridgehead atoms. The summed E-state index contributed by atoms with van der Waals surface area (Å²) >= 11 is 0. The zero-order valence-electron chi connectivity index (χ0n) is 13.0. The molecule has 3 nitrogen and oxygen atoms in total. The van der Waals surface area contributed by atoms with Gasteiger partial charge in [-0.1, -0.05) is 18.2 Å². The molecule has 1 aromatic carbocycles. The van der Waals surface area contributed by atoms with Gasteiger partial charge in [-0.2, -0.15) is 0 Å². The van der Waals surface area contributed by atoms with Crippen LogP contribution < -0.4 is 0 Å². The van der Waals surface area contributed by atoms with Gasteiger partial charge in [0, 0.05) is 24.2 Å². The molecule has 1 aromatic heterocycles. The van der Waals surface area contributed by atoms with E-state index in [-0.39, 0.29) is 6.23 Å². The maximum Gasteiger partial charge on any atom is 0.134 e. The second kappa shape index (κ2) is 5.15. The Balaban J connectivity index is 2.00. The number of nitrogens with zero attached hydrogens (tertiary/aromatic N) is 2. The fourth-order valence-corrected chi connectivity index (χ4v) is 4.26. The van der Waals surface area contributed by atoms with Crippen molar-refractivity contribution in [3.63, 3.8) is 0 Å². The van der Waals surface area contributed by atoms with Crippen LogP contribution in [0.15, 0.2) is 24.3 Å². The van der Waals surface area contributed by atoms with E-state index in [9.17, 15) is 0 Å². The van der Waals surface area contributed by atoms with Gasteiger partial charge >= 0.3 is 0 Å². The lowest BCUT2D eigenvalue weighted by molar-refractivity contribution is 0.00682. The Hall–Kier alpha value is -1.32. The van der Waals surface area contributed by atoms with Crippen LogP contribution in [0.4, 0.5) is 0 Å². The van der Waals surface area contributed by atoms with Gasteiger partial charge in [0.1, 0.15) is 6.23 Å². The van der Waals surface area contributed by atoms with E-state index in [0.717, 1.165) is 19.4 Å². The Morgan fingerprint density at radius 1 is 1.24 bits per heavy atom. The minimum Gasteiger partial charge on any atom is -0.358 e. The first-order valence-electron chi connectivity index (χ1n) is 8.24. The van der Waals surface area contributed by atoms with Gasteiger partial charge in [-0.15, -0.1) is 0 Å². The van der Waals surface area contributed by atoms with Crippen LogP contribution in [0.2, 0.25) is 0 Å². The summed E-state index contributed by atoms with van der Waals surface area (Å²) in [6.45, 7) is 4.06. The molecule has 2 atom stereocenters. The molecule has 0 fully saturated rings. The molecular formula is C18H24N2O. The van der Waals surface area contributed by atoms with Crippen molar-refractivity contribution in [2.45, 2.75) is 44.9 Å². The second-order valence-electron chi connectivity index (χ2n) is 6.34. The molecule has 3 heteroatoms. The van der Waals surface area contributed by atoms with Crippen LogP contribution in [0.1, 0.15) is 49.7 Å². The summed E-state index contributed by atoms with van der Waals surface area (Å²) < 4.78 is 8.62. The van der Waals surface area contributed by atoms with Gasteiger partial charge in [-0.3, -0.25) is 4.90 Å². The third kappa shape index (κ3) is 1.95. The first-order valence-corrected chi connectivity index (χ1v) is 8.24. The van der Waals surface area contributed by atoms with Crippen molar-refractivity contribution in [2.24, 2.45) is 0 Å². The fraction of sp³-hybridized carbons (Fsp3) is 0.556. The largest absolute Gasteiger partial charge is 0.358 e. The van der Waals surface area contributed by atoms with Gasteiger partial charge < -0.3 is 9.30 Å². The monoisotopic (exact) mass is 284 g/mol. The van der Waals surface area contributed by atoms with Crippen LogP contribution >= 0.6 is 0 Å². The summed E-state index contributed by atoms with van der Waals surface area (Å²) in [4.78, 5) is 2.53. The predicted octanol–water partition coefficient (Wildman–Crippen LogP) is 3.89. The Kier molecular flexibility index (Phi) is 3.27. The van der Waals surface area contributed by atoms with E-state index in [1.54, 1.807) is 5.56 Å². The average molecular weight is 284 g/mol. The molecule has 0 amide bonds. The number of ether oxygens (including phenoxy) is 1. The Bertz CT molecular complexity index is 661. The minimum absolute atomic E-state index is 0.208. The molecule has 2 aliphatic rings. The zero-order valence-corrected chi connectivity index (χ0v) is 13.0. The molecule has 0 spiro atoms. The van der Waals surface area contributed by atoms with E-state index in [4.69, 9.17) is 4.74 Å². The highest BCUT2D eigenvalue weighted by Crippen LogP contribution is 2.43. The molecule has 21 heavy (non-hydrogen) atoms. The van der Waals surface area contributed by atoms with Crippen LogP contribution in [0.3, 0.4) is 0 Å². The van der Waals surface area contributed by atoms with Crippen molar-refractivity contribution in [1.29, 1.82) is 0 Å². The summed E-state index contributed by atoms with van der Waals surface area (Å²) in [6.07, 6.45) is 5.00. The molecule has 0 unspecified atom stereocenters. The first-order chi connectivity index (χ1) is 10.3. The van der Waals surface area contributed by atoms with Crippen LogP contribution in [0.5, 0.6) is 0 Å². The van der Waals surface area contributed by atoms with Crippen LogP contribution in [0.25, 0.3) is 10.9 Å². The molecule has 0 saturated carbocycles. The predicted molar refractivity (Wildman–Crippen MR) is 85.5 cm³/mol. The molecule has 112 valence electrons. The van der Waals surface area contributed by atoms with Crippen molar-refractivity contribution in [1.82, 2.24) is 9.47 Å². The average Bonchev–Trinajstić information content (AvgIpc) is 2.70. The van der Waals surface area contributed by atoms with E-state index in [1.807, 2.05) is 0 Å². The number of fused-ring (bicyclic) bond motifs is 3. The van der Waals surface area contributed by atoms with E-state index >= 15 is 0 Å². The molecule has 0 radical (unpaired) electrons. The molecule has 0 aliphatic carbocycles. The lowest BCUT2D eigenvalue weighted by Gasteiger charge is -2.33. The van der Waals surface area contributed by atoms with Crippen LogP contribution in [-0.2, 0) is 11.2 Å². The zero-order chi connectivity index (χ0) is 14.4. The highest BCUT2D eigenvalue weighted by molar-refractivity contribution is 5.86. The van der Waals surface area contributed by atoms with Gasteiger partial charge in [0.25, 0.3) is 0 Å². The third-order valence-corrected chi connectivity index (χ3v) is 5.20. The van der Waals surface area contributed by atoms with Crippen LogP contribution in [-0.4, -0.2) is 29.7 Å². The van der Waals surface area contributed by atoms with Gasteiger partial charge in [0.05, 0.1) is 11.6 Å². The summed E-state index contributed by atoms with van der Waals surface area (Å²) in [5, 5.41) is 1.44. The van der Waals surface area contributed by atoms with Crippen LogP contribution in [0, 0.1) is 0 Å². The Morgan fingerprint density at radius 2 is 2.10 bits per heavy atom. The standard InChI is InChI=1S/C18H24N2O/c1-3-21-17-10-6-9-16-18-14(11-12-19(16)2)13-7-4-5-8-15(13)20(17)18/h4-5,7-8,16-17H,3,6,9-12H2,1-2H3/t16-,17-/m0/s1. The molecular weight excluding hydrogens is 260 g/mol. The molecule has 2 aliphatic heterocycles. The lowest BCUT2D eigenvalue weighted by atomic mass is 9.95. The number of para-hydroxylation sites is 1. The topological polar surface area (TPSA) is 17.4 Å². The van der Waals surface area contributed by atoms with Crippen molar-refractivity contribution in [3.05, 3.63) is 35.5 Å². The van der Waals surface area contributed by atoms with Gasteiger partial charge in [-0.25, -0.2) is 0 Å². The van der Waals surface area contributed by atoms with Gasteiger partial charge in [0.15, 0.2) is 0 Å². The Labute approximate surface area is 126 Å². The number of rotatable bonds is 2. The summed E-state index contributed by atoms with van der Waals surface area (Å²) in [6, 6.07) is 9.44. The quantitative estimate of drug-likeness (QED) is 0.832. The first kappa shape index (κ1) is 13.4. The molecule has 0 N–H and O–H groups in total. The number of aromatic nitrogens is 1. The number of hydrogen-bond donors (Lipinski definition) is 0. The van der Waals surface area contributed by atoms with Crippen molar-refractivity contribution >= 4 is 10.9 Å². The van der Waals surface area contributed by atoms with Crippen molar-refractivity contribution in [2.75, 3.05) is 20.2 Å². The van der Waals surface area contributed by atoms with E-state index in [0.29, 0.717) is 6.04 Å². The summed E-state index contributed by atoms with van der Waals surface area (Å²) in [7, 11) is 2.27. The normalized spacial score (nSPS) is 25.8. The molecule has 4 rings (SSSR count).